The molecule has 1 N–H and O–H groups in total. The third kappa shape index (κ3) is 6.11. The monoisotopic (exact) mass is 592 g/mol. The first kappa shape index (κ1) is 33.3. The second kappa shape index (κ2) is 12.6. The summed E-state index contributed by atoms with van der Waals surface area (Å²) in [7, 11) is 0. The minimum atomic E-state index is -2.07. The van der Waals surface area contributed by atoms with Crippen LogP contribution in [0.4, 0.5) is 0 Å². The molecule has 11 heteroatoms. The third-order valence-corrected chi connectivity index (χ3v) is 9.14. The molecule has 2 aliphatic carbocycles. The number of ether oxygens (including phenoxy) is 5. The predicted molar refractivity (Wildman–Crippen MR) is 148 cm³/mol. The third-order valence-electron chi connectivity index (χ3n) is 9.14. The molecule has 0 amide bonds. The van der Waals surface area contributed by atoms with Gasteiger partial charge in [0, 0.05) is 33.1 Å². The predicted octanol–water partition coefficient (Wildman–Crippen LogP) is 3.35. The lowest BCUT2D eigenvalue weighted by Crippen LogP contribution is -2.68. The quantitative estimate of drug-likeness (QED) is 0.275. The van der Waals surface area contributed by atoms with Gasteiger partial charge in [-0.05, 0) is 39.2 Å². The van der Waals surface area contributed by atoms with Gasteiger partial charge in [-0.15, -0.1) is 0 Å². The van der Waals surface area contributed by atoms with Crippen LogP contribution in [-0.2, 0) is 47.7 Å². The molecule has 0 bridgehead atoms. The Balaban J connectivity index is 2.40. The summed E-state index contributed by atoms with van der Waals surface area (Å²) in [6, 6.07) is 0. The van der Waals surface area contributed by atoms with E-state index in [4.69, 9.17) is 23.7 Å². The Bertz CT molecular complexity index is 1160. The maximum atomic E-state index is 13.3. The Hall–Kier alpha value is -3.21. The van der Waals surface area contributed by atoms with Crippen molar-refractivity contribution in [1.29, 1.82) is 0 Å². The Labute approximate surface area is 246 Å². The first-order valence-electron chi connectivity index (χ1n) is 14.5. The Morgan fingerprint density at radius 1 is 1.07 bits per heavy atom. The van der Waals surface area contributed by atoms with Crippen LogP contribution in [0.15, 0.2) is 23.8 Å². The lowest BCUT2D eigenvalue weighted by molar-refractivity contribution is -0.236. The Morgan fingerprint density at radius 3 is 2.19 bits per heavy atom. The van der Waals surface area contributed by atoms with E-state index in [1.807, 2.05) is 6.92 Å². The molecular weight excluding hydrogens is 548 g/mol. The van der Waals surface area contributed by atoms with E-state index in [1.165, 1.54) is 27.7 Å². The van der Waals surface area contributed by atoms with Crippen LogP contribution in [0.1, 0.15) is 81.1 Å². The van der Waals surface area contributed by atoms with Crippen LogP contribution in [0.5, 0.6) is 0 Å². The van der Waals surface area contributed by atoms with Crippen molar-refractivity contribution in [2.24, 2.45) is 23.2 Å². The maximum absolute atomic E-state index is 13.3. The summed E-state index contributed by atoms with van der Waals surface area (Å²) < 4.78 is 29.2. The average molecular weight is 593 g/mol. The summed E-state index contributed by atoms with van der Waals surface area (Å²) in [5.41, 5.74) is -2.42. The molecule has 1 aliphatic heterocycles. The first-order valence-corrected chi connectivity index (χ1v) is 14.5. The number of hydrogen-bond donors (Lipinski definition) is 1. The number of aliphatic hydroxyl groups is 1. The number of hydrogen-bond acceptors (Lipinski definition) is 11. The van der Waals surface area contributed by atoms with Gasteiger partial charge in [0.2, 0.25) is 0 Å². The molecule has 1 heterocycles. The van der Waals surface area contributed by atoms with E-state index in [0.717, 1.165) is 5.57 Å². The Kier molecular flexibility index (Phi) is 9.96. The zero-order chi connectivity index (χ0) is 31.7. The summed E-state index contributed by atoms with van der Waals surface area (Å²) >= 11 is 0. The van der Waals surface area contributed by atoms with Crippen LogP contribution < -0.4 is 0 Å². The molecule has 0 radical (unpaired) electrons. The molecule has 1 saturated heterocycles. The van der Waals surface area contributed by atoms with Crippen molar-refractivity contribution in [3.8, 4) is 0 Å². The van der Waals surface area contributed by atoms with Gasteiger partial charge in [-0.1, -0.05) is 38.5 Å². The van der Waals surface area contributed by atoms with Crippen LogP contribution in [0.25, 0.3) is 0 Å². The highest BCUT2D eigenvalue weighted by molar-refractivity contribution is 5.78. The fraction of sp³-hybridized carbons (Fsp3) is 0.710. The molecule has 0 aromatic heterocycles. The molecule has 42 heavy (non-hydrogen) atoms. The van der Waals surface area contributed by atoms with E-state index in [1.54, 1.807) is 26.8 Å². The SMILES string of the molecule is C=C1C[C@H](OC(C)=O)[C@H](OC(C)=O)[C@]2(C)[C@@H](OC(=O)C(C)CC)CC/C(C)=C\[C@@H]3OC(=O)[C@H](C)[C@@]3(O)C(OC(C)=O)[C@@H]12. The van der Waals surface area contributed by atoms with E-state index in [-0.39, 0.29) is 12.8 Å². The molecule has 11 nitrogen and oxygen atoms in total. The van der Waals surface area contributed by atoms with E-state index >= 15 is 0 Å². The van der Waals surface area contributed by atoms with Gasteiger partial charge in [-0.3, -0.25) is 24.0 Å². The maximum Gasteiger partial charge on any atom is 0.312 e. The molecule has 1 saturated carbocycles. The molecule has 2 unspecified atom stereocenters. The highest BCUT2D eigenvalue weighted by atomic mass is 16.6. The fourth-order valence-electron chi connectivity index (χ4n) is 6.69. The summed E-state index contributed by atoms with van der Waals surface area (Å²) in [6.45, 7) is 16.4. The largest absolute Gasteiger partial charge is 0.461 e. The van der Waals surface area contributed by atoms with Gasteiger partial charge in [-0.2, -0.15) is 0 Å². The van der Waals surface area contributed by atoms with Crippen molar-refractivity contribution in [3.05, 3.63) is 23.8 Å². The van der Waals surface area contributed by atoms with E-state index < -0.39 is 89.1 Å². The summed E-state index contributed by atoms with van der Waals surface area (Å²) in [5.74, 6) is -5.85. The van der Waals surface area contributed by atoms with Crippen LogP contribution in [-0.4, -0.2) is 71.1 Å². The van der Waals surface area contributed by atoms with E-state index in [9.17, 15) is 29.1 Å². The summed E-state index contributed by atoms with van der Waals surface area (Å²) in [5, 5.41) is 12.4. The van der Waals surface area contributed by atoms with Gasteiger partial charge in [0.15, 0.2) is 11.7 Å². The minimum Gasteiger partial charge on any atom is -0.461 e. The molecule has 0 spiro atoms. The van der Waals surface area contributed by atoms with Crippen molar-refractivity contribution in [3.63, 3.8) is 0 Å². The van der Waals surface area contributed by atoms with Crippen molar-refractivity contribution >= 4 is 29.8 Å². The fourth-order valence-corrected chi connectivity index (χ4v) is 6.69. The van der Waals surface area contributed by atoms with Gasteiger partial charge < -0.3 is 28.8 Å². The number of rotatable bonds is 6. The lowest BCUT2D eigenvalue weighted by Gasteiger charge is -2.57. The number of carbonyl (C=O) groups is 5. The topological polar surface area (TPSA) is 152 Å². The zero-order valence-electron chi connectivity index (χ0n) is 25.8. The van der Waals surface area contributed by atoms with Gasteiger partial charge in [-0.25, -0.2) is 0 Å². The first-order chi connectivity index (χ1) is 19.5. The molecule has 10 atom stereocenters. The number of fused-ring (bicyclic) bond motifs is 2. The molecule has 3 aliphatic rings. The lowest BCUT2D eigenvalue weighted by atomic mass is 9.54. The highest BCUT2D eigenvalue weighted by Gasteiger charge is 2.69. The molecule has 2 fully saturated rings. The molecule has 0 aromatic rings. The second-order valence-electron chi connectivity index (χ2n) is 12.2. The molecule has 3 rings (SSSR count). The minimum absolute atomic E-state index is 0.0135. The van der Waals surface area contributed by atoms with Crippen LogP contribution >= 0.6 is 0 Å². The van der Waals surface area contributed by atoms with Gasteiger partial charge in [0.1, 0.15) is 24.4 Å². The molecule has 234 valence electrons. The number of esters is 5. The highest BCUT2D eigenvalue weighted by Crippen LogP contribution is 2.56. The smallest absolute Gasteiger partial charge is 0.312 e. The number of carbonyl (C=O) groups excluding carboxylic acids is 5. The molecule has 0 aromatic carbocycles. The van der Waals surface area contributed by atoms with Crippen LogP contribution in [0, 0.1) is 23.2 Å². The van der Waals surface area contributed by atoms with Gasteiger partial charge in [0.25, 0.3) is 0 Å². The van der Waals surface area contributed by atoms with Gasteiger partial charge >= 0.3 is 29.8 Å². The van der Waals surface area contributed by atoms with Gasteiger partial charge in [0.05, 0.1) is 17.3 Å². The standard InChI is InChI=1S/C31H44O11/c1-10-16(3)28(35)41-23-12-11-15(2)13-24-31(37,18(5)29(36)42-24)27(40-21(8)34)25-17(4)14-22(38-19(6)32)26(30(23,25)9)39-20(7)33/h13,16,18,22-27,37H,4,10-12,14H2,1-3,5-9H3/b15-13-/t16?,18-,22-,23-,24-,25+,26-,27?,30+,31-/m0/s1. The van der Waals surface area contributed by atoms with Crippen molar-refractivity contribution in [2.45, 2.75) is 117 Å². The summed E-state index contributed by atoms with van der Waals surface area (Å²) in [6.07, 6.45) is -3.13. The summed E-state index contributed by atoms with van der Waals surface area (Å²) in [4.78, 5) is 63.6. The van der Waals surface area contributed by atoms with E-state index in [0.29, 0.717) is 18.4 Å². The Morgan fingerprint density at radius 2 is 1.64 bits per heavy atom. The van der Waals surface area contributed by atoms with Crippen molar-refractivity contribution in [1.82, 2.24) is 0 Å². The van der Waals surface area contributed by atoms with Crippen molar-refractivity contribution < 1.29 is 52.8 Å². The van der Waals surface area contributed by atoms with Crippen molar-refractivity contribution in [2.75, 3.05) is 0 Å². The second-order valence-corrected chi connectivity index (χ2v) is 12.2. The van der Waals surface area contributed by atoms with Crippen LogP contribution in [0.3, 0.4) is 0 Å². The molecular formula is C31H44O11. The zero-order valence-corrected chi connectivity index (χ0v) is 25.8. The van der Waals surface area contributed by atoms with Crippen LogP contribution in [0.2, 0.25) is 0 Å². The average Bonchev–Trinajstić information content (AvgIpc) is 3.10. The normalized spacial score (nSPS) is 38.4. The van der Waals surface area contributed by atoms with E-state index in [2.05, 4.69) is 6.58 Å². The number of allylic oxidation sites excluding steroid dienone is 1.